The first-order valence-corrected chi connectivity index (χ1v) is 7.80. The van der Waals surface area contributed by atoms with Gasteiger partial charge in [0.05, 0.1) is 11.3 Å². The number of sulfone groups is 1. The van der Waals surface area contributed by atoms with Crippen molar-refractivity contribution in [3.63, 3.8) is 0 Å². The highest BCUT2D eigenvalue weighted by Gasteiger charge is 2.72. The van der Waals surface area contributed by atoms with Gasteiger partial charge in [0.2, 0.25) is 0 Å². The number of carbonyl (C=O) groups is 1. The van der Waals surface area contributed by atoms with Crippen molar-refractivity contribution in [2.75, 3.05) is 5.75 Å². The molecule has 0 amide bonds. The Bertz CT molecular complexity index is 642. The Balaban J connectivity index is 2.49. The molecular formula is C14H15NO3S. The molecule has 0 bridgehead atoms. The molecule has 1 fully saturated rings. The summed E-state index contributed by atoms with van der Waals surface area (Å²) in [6.45, 7) is 3.46. The Morgan fingerprint density at radius 3 is 2.37 bits per heavy atom. The van der Waals surface area contributed by atoms with Crippen LogP contribution >= 0.6 is 0 Å². The summed E-state index contributed by atoms with van der Waals surface area (Å²) >= 11 is 0. The summed E-state index contributed by atoms with van der Waals surface area (Å²) < 4.78 is 24.1. The predicted molar refractivity (Wildman–Crippen MR) is 71.3 cm³/mol. The van der Waals surface area contributed by atoms with Crippen molar-refractivity contribution in [3.05, 3.63) is 35.4 Å². The monoisotopic (exact) mass is 277 g/mol. The Hall–Kier alpha value is -1.67. The first-order chi connectivity index (χ1) is 8.93. The van der Waals surface area contributed by atoms with Crippen molar-refractivity contribution in [2.45, 2.75) is 25.0 Å². The zero-order valence-corrected chi connectivity index (χ0v) is 11.6. The van der Waals surface area contributed by atoms with Gasteiger partial charge in [-0.2, -0.15) is 5.26 Å². The predicted octanol–water partition coefficient (Wildman–Crippen LogP) is 1.60. The van der Waals surface area contributed by atoms with E-state index in [1.54, 1.807) is 12.1 Å². The molecule has 3 atom stereocenters. The molecule has 0 radical (unpaired) electrons. The summed E-state index contributed by atoms with van der Waals surface area (Å²) in [5.74, 6) is -0.599. The molecule has 0 heterocycles. The second-order valence-corrected chi connectivity index (χ2v) is 7.33. The van der Waals surface area contributed by atoms with Crippen molar-refractivity contribution in [1.29, 1.82) is 5.26 Å². The van der Waals surface area contributed by atoms with Crippen LogP contribution < -0.4 is 0 Å². The quantitative estimate of drug-likeness (QED) is 0.783. The van der Waals surface area contributed by atoms with Crippen LogP contribution in [-0.4, -0.2) is 25.7 Å². The van der Waals surface area contributed by atoms with Crippen molar-refractivity contribution in [3.8, 4) is 6.07 Å². The van der Waals surface area contributed by atoms with Gasteiger partial charge in [-0.15, -0.1) is 0 Å². The fourth-order valence-corrected chi connectivity index (χ4v) is 4.51. The van der Waals surface area contributed by atoms with Crippen LogP contribution in [0.5, 0.6) is 0 Å². The number of aldehydes is 1. The van der Waals surface area contributed by atoms with E-state index in [1.165, 1.54) is 6.92 Å². The summed E-state index contributed by atoms with van der Waals surface area (Å²) in [6, 6.07) is 9.21. The molecule has 1 aliphatic carbocycles. The van der Waals surface area contributed by atoms with Crippen LogP contribution in [0.3, 0.4) is 0 Å². The Kier molecular flexibility index (Phi) is 3.23. The van der Waals surface area contributed by atoms with E-state index >= 15 is 0 Å². The van der Waals surface area contributed by atoms with Crippen LogP contribution in [0.4, 0.5) is 0 Å². The second-order valence-electron chi connectivity index (χ2n) is 4.92. The Morgan fingerprint density at radius 2 is 1.95 bits per heavy atom. The second kappa shape index (κ2) is 4.46. The van der Waals surface area contributed by atoms with E-state index in [4.69, 9.17) is 0 Å². The molecule has 100 valence electrons. The smallest absolute Gasteiger partial charge is 0.155 e. The van der Waals surface area contributed by atoms with Gasteiger partial charge in [0, 0.05) is 11.7 Å². The van der Waals surface area contributed by atoms with Crippen molar-refractivity contribution in [2.24, 2.45) is 5.41 Å². The van der Waals surface area contributed by atoms with Crippen LogP contribution in [0.2, 0.25) is 0 Å². The maximum Gasteiger partial charge on any atom is 0.155 e. The third kappa shape index (κ3) is 1.96. The summed E-state index contributed by atoms with van der Waals surface area (Å²) in [7, 11) is -3.42. The van der Waals surface area contributed by atoms with Gasteiger partial charge >= 0.3 is 0 Å². The van der Waals surface area contributed by atoms with E-state index in [0.717, 1.165) is 11.1 Å². The van der Waals surface area contributed by atoms with E-state index < -0.39 is 26.4 Å². The van der Waals surface area contributed by atoms with E-state index in [2.05, 4.69) is 0 Å². The molecule has 5 heteroatoms. The van der Waals surface area contributed by atoms with Crippen molar-refractivity contribution in [1.82, 2.24) is 0 Å². The first kappa shape index (κ1) is 13.8. The Morgan fingerprint density at radius 1 is 1.37 bits per heavy atom. The first-order valence-electron chi connectivity index (χ1n) is 6.08. The fraction of sp³-hybridized carbons (Fsp3) is 0.429. The average Bonchev–Trinajstić information content (AvgIpc) is 3.10. The molecule has 4 nitrogen and oxygen atoms in total. The number of benzene rings is 1. The van der Waals surface area contributed by atoms with Crippen molar-refractivity contribution >= 4 is 16.1 Å². The molecule has 1 saturated carbocycles. The summed E-state index contributed by atoms with van der Waals surface area (Å²) in [5, 5.41) is 8.32. The van der Waals surface area contributed by atoms with Gasteiger partial charge in [-0.3, -0.25) is 0 Å². The maximum absolute atomic E-state index is 12.0. The van der Waals surface area contributed by atoms with Gasteiger partial charge in [-0.25, -0.2) is 8.42 Å². The normalized spacial score (nSPS) is 29.5. The number of nitrogens with zero attached hydrogens (tertiary/aromatic N) is 1. The van der Waals surface area contributed by atoms with Crippen LogP contribution in [0.15, 0.2) is 24.3 Å². The number of nitriles is 1. The SMILES string of the molecule is CCS(=O)(=O)[C@H]1[C@H](c2ccc(C)cc2)[C@@]1(C#N)C=O. The molecule has 0 saturated heterocycles. The topological polar surface area (TPSA) is 75.0 Å². The van der Waals surface area contributed by atoms with Crippen LogP contribution in [-0.2, 0) is 14.6 Å². The zero-order valence-electron chi connectivity index (χ0n) is 10.8. The van der Waals surface area contributed by atoms with E-state index in [0.29, 0.717) is 6.29 Å². The summed E-state index contributed by atoms with van der Waals surface area (Å²) in [5.41, 5.74) is 0.374. The minimum absolute atomic E-state index is 0.0582. The lowest BCUT2D eigenvalue weighted by Crippen LogP contribution is -2.17. The van der Waals surface area contributed by atoms with Gasteiger partial charge < -0.3 is 4.79 Å². The molecular weight excluding hydrogens is 262 g/mol. The van der Waals surface area contributed by atoms with Crippen LogP contribution in [0, 0.1) is 23.7 Å². The molecule has 2 rings (SSSR count). The van der Waals surface area contributed by atoms with Gasteiger partial charge in [-0.1, -0.05) is 36.8 Å². The maximum atomic E-state index is 12.0. The highest BCUT2D eigenvalue weighted by atomic mass is 32.2. The Labute approximate surface area is 113 Å². The molecule has 1 aromatic carbocycles. The molecule has 0 aromatic heterocycles. The minimum Gasteiger partial charge on any atom is -0.302 e. The lowest BCUT2D eigenvalue weighted by atomic mass is 10.0. The number of aryl methyl sites for hydroxylation is 1. The minimum atomic E-state index is -3.42. The standard InChI is InChI=1S/C14H15NO3S/c1-3-19(17,18)13-12(14(13,8-15)9-16)11-6-4-10(2)5-7-11/h4-7,9,12-13H,3H2,1-2H3/t12-,13-,14+/m0/s1. The summed E-state index contributed by atoms with van der Waals surface area (Å²) in [6.07, 6.45) is 0.495. The van der Waals surface area contributed by atoms with Gasteiger partial charge in [0.1, 0.15) is 11.7 Å². The number of rotatable bonds is 4. The highest BCUT2D eigenvalue weighted by Crippen LogP contribution is 2.61. The number of hydrogen-bond donors (Lipinski definition) is 0. The van der Waals surface area contributed by atoms with Gasteiger partial charge in [-0.05, 0) is 12.5 Å². The third-order valence-electron chi connectivity index (χ3n) is 3.79. The highest BCUT2D eigenvalue weighted by molar-refractivity contribution is 7.92. The zero-order chi connectivity index (χ0) is 14.3. The molecule has 0 aliphatic heterocycles. The lowest BCUT2D eigenvalue weighted by molar-refractivity contribution is -0.110. The molecule has 0 unspecified atom stereocenters. The molecule has 0 N–H and O–H groups in total. The van der Waals surface area contributed by atoms with Gasteiger partial charge in [0.25, 0.3) is 0 Å². The molecule has 19 heavy (non-hydrogen) atoms. The van der Waals surface area contributed by atoms with Gasteiger partial charge in [0.15, 0.2) is 9.84 Å². The van der Waals surface area contributed by atoms with Crippen molar-refractivity contribution < 1.29 is 13.2 Å². The van der Waals surface area contributed by atoms with Crippen LogP contribution in [0.25, 0.3) is 0 Å². The molecule has 1 aromatic rings. The average molecular weight is 277 g/mol. The largest absolute Gasteiger partial charge is 0.302 e. The van der Waals surface area contributed by atoms with E-state index in [1.807, 2.05) is 25.1 Å². The molecule has 1 aliphatic rings. The lowest BCUT2D eigenvalue weighted by Gasteiger charge is -2.01. The fourth-order valence-electron chi connectivity index (χ4n) is 2.58. The third-order valence-corrected chi connectivity index (χ3v) is 6.03. The number of carbonyl (C=O) groups excluding carboxylic acids is 1. The van der Waals surface area contributed by atoms with Crippen LogP contribution in [0.1, 0.15) is 24.0 Å². The van der Waals surface area contributed by atoms with E-state index in [-0.39, 0.29) is 5.75 Å². The molecule has 0 spiro atoms. The number of hydrogen-bond acceptors (Lipinski definition) is 4. The summed E-state index contributed by atoms with van der Waals surface area (Å²) in [4.78, 5) is 11.3. The van der Waals surface area contributed by atoms with E-state index in [9.17, 15) is 18.5 Å².